The van der Waals surface area contributed by atoms with Crippen molar-refractivity contribution in [1.82, 2.24) is 9.88 Å². The van der Waals surface area contributed by atoms with Crippen molar-refractivity contribution in [2.45, 2.75) is 18.9 Å². The first-order valence-corrected chi connectivity index (χ1v) is 6.46. The lowest BCUT2D eigenvalue weighted by Gasteiger charge is -2.28. The van der Waals surface area contributed by atoms with Gasteiger partial charge in [0.05, 0.1) is 22.8 Å². The first-order valence-electron chi connectivity index (χ1n) is 6.46. The lowest BCUT2D eigenvalue weighted by Crippen LogP contribution is -2.36. The van der Waals surface area contributed by atoms with Gasteiger partial charge >= 0.3 is 0 Å². The van der Waals surface area contributed by atoms with Crippen LogP contribution in [0.2, 0.25) is 0 Å². The van der Waals surface area contributed by atoms with Crippen LogP contribution in [0.15, 0.2) is 30.3 Å². The fourth-order valence-corrected chi connectivity index (χ4v) is 3.03. The third-order valence-electron chi connectivity index (χ3n) is 3.99. The Morgan fingerprint density at radius 3 is 2.95 bits per heavy atom. The van der Waals surface area contributed by atoms with Crippen LogP contribution in [0.4, 0.5) is 0 Å². The Balaban J connectivity index is 1.94. The van der Waals surface area contributed by atoms with Crippen LogP contribution in [0.1, 0.15) is 34.9 Å². The maximum atomic E-state index is 12.4. The van der Waals surface area contributed by atoms with Gasteiger partial charge in [0, 0.05) is 24.8 Å². The number of pyridine rings is 1. The molecule has 1 aromatic carbocycles. The van der Waals surface area contributed by atoms with Crippen LogP contribution >= 0.6 is 0 Å². The first-order chi connectivity index (χ1) is 9.24. The third kappa shape index (κ3) is 1.43. The second-order valence-corrected chi connectivity index (χ2v) is 5.12. The highest BCUT2D eigenvalue weighted by molar-refractivity contribution is 6.03. The Kier molecular flexibility index (Phi) is 2.04. The molecule has 1 atom stereocenters. The van der Waals surface area contributed by atoms with E-state index in [1.807, 2.05) is 30.3 Å². The van der Waals surface area contributed by atoms with Crippen molar-refractivity contribution < 1.29 is 9.59 Å². The van der Waals surface area contributed by atoms with Crippen molar-refractivity contribution in [2.75, 3.05) is 6.54 Å². The van der Waals surface area contributed by atoms with Crippen LogP contribution in [-0.4, -0.2) is 28.1 Å². The van der Waals surface area contributed by atoms with E-state index in [0.29, 0.717) is 24.9 Å². The minimum Gasteiger partial charge on any atom is -0.329 e. The molecule has 2 aliphatic rings. The van der Waals surface area contributed by atoms with E-state index in [9.17, 15) is 9.59 Å². The smallest absolute Gasteiger partial charge is 0.256 e. The lowest BCUT2D eigenvalue weighted by atomic mass is 10.00. The number of ketones is 1. The zero-order chi connectivity index (χ0) is 13.0. The van der Waals surface area contributed by atoms with Gasteiger partial charge in [-0.05, 0) is 12.1 Å². The van der Waals surface area contributed by atoms with Crippen molar-refractivity contribution in [1.29, 1.82) is 0 Å². The van der Waals surface area contributed by atoms with E-state index in [1.54, 1.807) is 4.90 Å². The van der Waals surface area contributed by atoms with Gasteiger partial charge in [-0.1, -0.05) is 18.2 Å². The number of nitrogens with zero attached hydrogens (tertiary/aromatic N) is 2. The Morgan fingerprint density at radius 2 is 2.05 bits per heavy atom. The average Bonchev–Trinajstić information content (AvgIpc) is 2.69. The van der Waals surface area contributed by atoms with Crippen LogP contribution < -0.4 is 0 Å². The van der Waals surface area contributed by atoms with Gasteiger partial charge in [-0.3, -0.25) is 9.59 Å². The Morgan fingerprint density at radius 1 is 1.21 bits per heavy atom. The fraction of sp³-hybridized carbons (Fsp3) is 0.267. The molecule has 0 bridgehead atoms. The van der Waals surface area contributed by atoms with E-state index in [2.05, 4.69) is 4.98 Å². The van der Waals surface area contributed by atoms with Crippen LogP contribution in [0, 0.1) is 0 Å². The zero-order valence-electron chi connectivity index (χ0n) is 10.3. The number of carbonyl (C=O) groups excluding carboxylic acids is 2. The van der Waals surface area contributed by atoms with Crippen LogP contribution in [0.25, 0.3) is 10.9 Å². The normalized spacial score (nSPS) is 21.7. The summed E-state index contributed by atoms with van der Waals surface area (Å²) >= 11 is 0. The zero-order valence-corrected chi connectivity index (χ0v) is 10.3. The summed E-state index contributed by atoms with van der Waals surface area (Å²) in [6.07, 6.45) is 0.875. The van der Waals surface area contributed by atoms with Gasteiger partial charge in [0.2, 0.25) is 0 Å². The Bertz CT molecular complexity index is 723. The molecule has 4 heteroatoms. The molecular formula is C15H12N2O2. The topological polar surface area (TPSA) is 50.3 Å². The number of rotatable bonds is 0. The molecule has 2 aromatic rings. The molecule has 0 N–H and O–H groups in total. The third-order valence-corrected chi connectivity index (χ3v) is 3.99. The fourth-order valence-electron chi connectivity index (χ4n) is 3.03. The van der Waals surface area contributed by atoms with Crippen molar-refractivity contribution in [3.63, 3.8) is 0 Å². The number of Topliss-reactive ketones (excluding diaryl/α,β-unsaturated/α-hetero) is 1. The summed E-state index contributed by atoms with van der Waals surface area (Å²) < 4.78 is 0. The molecule has 0 spiro atoms. The van der Waals surface area contributed by atoms with Crippen LogP contribution in [0.3, 0.4) is 0 Å². The van der Waals surface area contributed by atoms with Crippen molar-refractivity contribution in [3.05, 3.63) is 41.6 Å². The minimum absolute atomic E-state index is 0.0192. The number of fused-ring (bicyclic) bond motifs is 4. The van der Waals surface area contributed by atoms with Gasteiger partial charge in [0.25, 0.3) is 5.91 Å². The highest BCUT2D eigenvalue weighted by atomic mass is 16.2. The molecule has 94 valence electrons. The molecule has 1 saturated heterocycles. The molecule has 1 unspecified atom stereocenters. The molecule has 0 saturated carbocycles. The first kappa shape index (κ1) is 10.7. The summed E-state index contributed by atoms with van der Waals surface area (Å²) in [7, 11) is 0. The predicted octanol–water partition coefficient (Wildman–Crippen LogP) is 2.09. The maximum Gasteiger partial charge on any atom is 0.256 e. The largest absolute Gasteiger partial charge is 0.329 e. The summed E-state index contributed by atoms with van der Waals surface area (Å²) in [5.41, 5.74) is 2.32. The number of aromatic nitrogens is 1. The molecule has 1 aromatic heterocycles. The van der Waals surface area contributed by atoms with E-state index >= 15 is 0 Å². The van der Waals surface area contributed by atoms with Crippen molar-refractivity contribution in [2.24, 2.45) is 0 Å². The van der Waals surface area contributed by atoms with Gasteiger partial charge in [-0.15, -0.1) is 0 Å². The van der Waals surface area contributed by atoms with Gasteiger partial charge in [0.1, 0.15) is 5.78 Å². The van der Waals surface area contributed by atoms with E-state index < -0.39 is 0 Å². The highest BCUT2D eigenvalue weighted by Crippen LogP contribution is 2.38. The molecule has 19 heavy (non-hydrogen) atoms. The molecule has 0 aliphatic carbocycles. The van der Waals surface area contributed by atoms with Gasteiger partial charge < -0.3 is 4.90 Å². The van der Waals surface area contributed by atoms with Crippen molar-refractivity contribution in [3.8, 4) is 0 Å². The maximum absolute atomic E-state index is 12.4. The number of hydrogen-bond donors (Lipinski definition) is 0. The number of hydrogen-bond acceptors (Lipinski definition) is 3. The quantitative estimate of drug-likeness (QED) is 0.721. The van der Waals surface area contributed by atoms with Crippen LogP contribution in [-0.2, 0) is 4.79 Å². The van der Waals surface area contributed by atoms with E-state index in [0.717, 1.165) is 16.6 Å². The minimum atomic E-state index is -0.145. The van der Waals surface area contributed by atoms with E-state index in [-0.39, 0.29) is 17.7 Å². The second-order valence-electron chi connectivity index (χ2n) is 5.12. The summed E-state index contributed by atoms with van der Waals surface area (Å²) in [5.74, 6) is 0.239. The summed E-state index contributed by atoms with van der Waals surface area (Å²) in [6, 6.07) is 9.53. The predicted molar refractivity (Wildman–Crippen MR) is 69.8 cm³/mol. The molecule has 0 radical (unpaired) electrons. The van der Waals surface area contributed by atoms with E-state index in [1.165, 1.54) is 0 Å². The van der Waals surface area contributed by atoms with Gasteiger partial charge in [-0.2, -0.15) is 0 Å². The summed E-state index contributed by atoms with van der Waals surface area (Å²) in [5, 5.41) is 0.973. The Hall–Kier alpha value is -2.23. The van der Waals surface area contributed by atoms with Crippen LogP contribution in [0.5, 0.6) is 0 Å². The number of amides is 1. The van der Waals surface area contributed by atoms with Gasteiger partial charge in [-0.25, -0.2) is 4.98 Å². The molecule has 4 nitrogen and oxygen atoms in total. The number of para-hydroxylation sites is 1. The molecule has 1 fully saturated rings. The summed E-state index contributed by atoms with van der Waals surface area (Å²) in [4.78, 5) is 30.4. The molecule has 3 heterocycles. The SMILES string of the molecule is O=C1CCN2C(=O)c3cc4ccccc4nc3C2C1. The van der Waals surface area contributed by atoms with E-state index in [4.69, 9.17) is 0 Å². The number of benzene rings is 1. The number of carbonyl (C=O) groups is 2. The molecule has 4 rings (SSSR count). The monoisotopic (exact) mass is 252 g/mol. The number of piperidine rings is 1. The molecule has 2 aliphatic heterocycles. The molecule has 1 amide bonds. The van der Waals surface area contributed by atoms with Crippen molar-refractivity contribution >= 4 is 22.6 Å². The standard InChI is InChI=1S/C15H12N2O2/c18-10-5-6-17-13(8-10)14-11(15(17)19)7-9-3-1-2-4-12(9)16-14/h1-4,7,13H,5-6,8H2. The highest BCUT2D eigenvalue weighted by Gasteiger charge is 2.41. The van der Waals surface area contributed by atoms with Gasteiger partial charge in [0.15, 0.2) is 0 Å². The lowest BCUT2D eigenvalue weighted by molar-refractivity contribution is -0.122. The second kappa shape index (κ2) is 3.63. The molecular weight excluding hydrogens is 240 g/mol. The summed E-state index contributed by atoms with van der Waals surface area (Å²) in [6.45, 7) is 0.523. The Labute approximate surface area is 110 Å². The average molecular weight is 252 g/mol.